The normalized spacial score (nSPS) is 11.9. The summed E-state index contributed by atoms with van der Waals surface area (Å²) in [7, 11) is 0. The lowest BCUT2D eigenvalue weighted by Crippen LogP contribution is -2.05. The Labute approximate surface area is 155 Å². The van der Waals surface area contributed by atoms with Gasteiger partial charge in [0.1, 0.15) is 0 Å². The predicted octanol–water partition coefficient (Wildman–Crippen LogP) is 5.26. The highest BCUT2D eigenvalue weighted by atomic mass is 35.5. The number of halogens is 4. The summed E-state index contributed by atoms with van der Waals surface area (Å²) in [6.45, 7) is 0. The summed E-state index contributed by atoms with van der Waals surface area (Å²) in [6.07, 6.45) is -2.35. The molecular formula is C19H11ClF3N3O. The SMILES string of the molecule is O=c1[nH]c2ccc(-c3c(Cl)cccc3-c3cncc(C(F)(F)F)c3)cc2[nH]1. The quantitative estimate of drug-likeness (QED) is 0.491. The van der Waals surface area contributed by atoms with E-state index in [2.05, 4.69) is 15.0 Å². The molecule has 27 heavy (non-hydrogen) atoms. The summed E-state index contributed by atoms with van der Waals surface area (Å²) in [5, 5.41) is 0.377. The molecule has 2 aromatic heterocycles. The molecular weight excluding hydrogens is 379 g/mol. The summed E-state index contributed by atoms with van der Waals surface area (Å²) >= 11 is 6.38. The fourth-order valence-electron chi connectivity index (χ4n) is 2.99. The van der Waals surface area contributed by atoms with Crippen molar-refractivity contribution in [3.8, 4) is 22.3 Å². The summed E-state index contributed by atoms with van der Waals surface area (Å²) in [4.78, 5) is 20.5. The van der Waals surface area contributed by atoms with Gasteiger partial charge >= 0.3 is 11.9 Å². The minimum absolute atomic E-state index is 0.296. The number of imidazole rings is 1. The third-order valence-corrected chi connectivity index (χ3v) is 4.51. The average Bonchev–Trinajstić information content (AvgIpc) is 3.00. The Kier molecular flexibility index (Phi) is 4.04. The lowest BCUT2D eigenvalue weighted by Gasteiger charge is -2.14. The molecule has 4 nitrogen and oxygen atoms in total. The van der Waals surface area contributed by atoms with Crippen molar-refractivity contribution in [1.82, 2.24) is 15.0 Å². The molecule has 0 aliphatic rings. The van der Waals surface area contributed by atoms with Crippen LogP contribution in [0.5, 0.6) is 0 Å². The largest absolute Gasteiger partial charge is 0.417 e. The number of rotatable bonds is 2. The molecule has 0 bridgehead atoms. The molecule has 0 amide bonds. The maximum atomic E-state index is 13.1. The average molecular weight is 390 g/mol. The zero-order valence-corrected chi connectivity index (χ0v) is 14.3. The number of alkyl halides is 3. The van der Waals surface area contributed by atoms with Crippen molar-refractivity contribution < 1.29 is 13.2 Å². The Balaban J connectivity index is 1.93. The number of hydrogen-bond acceptors (Lipinski definition) is 2. The van der Waals surface area contributed by atoms with Gasteiger partial charge in [-0.1, -0.05) is 29.8 Å². The number of pyridine rings is 1. The summed E-state index contributed by atoms with van der Waals surface area (Å²) in [6, 6.07) is 11.2. The fourth-order valence-corrected chi connectivity index (χ4v) is 3.27. The molecule has 2 aromatic carbocycles. The second-order valence-electron chi connectivity index (χ2n) is 5.96. The fraction of sp³-hybridized carbons (Fsp3) is 0.0526. The van der Waals surface area contributed by atoms with Crippen LogP contribution in [0, 0.1) is 0 Å². The van der Waals surface area contributed by atoms with Crippen molar-refractivity contribution >= 4 is 22.6 Å². The van der Waals surface area contributed by atoms with E-state index >= 15 is 0 Å². The number of aromatic amines is 2. The number of benzene rings is 2. The van der Waals surface area contributed by atoms with E-state index in [4.69, 9.17) is 11.6 Å². The molecule has 2 N–H and O–H groups in total. The van der Waals surface area contributed by atoms with E-state index in [1.54, 1.807) is 36.4 Å². The molecule has 0 fully saturated rings. The topological polar surface area (TPSA) is 61.5 Å². The lowest BCUT2D eigenvalue weighted by molar-refractivity contribution is -0.137. The minimum atomic E-state index is -4.49. The predicted molar refractivity (Wildman–Crippen MR) is 97.6 cm³/mol. The van der Waals surface area contributed by atoms with Gasteiger partial charge in [0.25, 0.3) is 0 Å². The number of nitrogens with one attached hydrogen (secondary N) is 2. The number of nitrogens with zero attached hydrogens (tertiary/aromatic N) is 1. The molecule has 0 aliphatic heterocycles. The molecule has 0 atom stereocenters. The van der Waals surface area contributed by atoms with Crippen molar-refractivity contribution in [3.05, 3.63) is 75.9 Å². The first-order valence-electron chi connectivity index (χ1n) is 7.86. The monoisotopic (exact) mass is 389 g/mol. The molecule has 2 heterocycles. The van der Waals surface area contributed by atoms with Gasteiger partial charge < -0.3 is 9.97 Å². The van der Waals surface area contributed by atoms with E-state index in [0.29, 0.717) is 38.3 Å². The van der Waals surface area contributed by atoms with Crippen LogP contribution in [0.25, 0.3) is 33.3 Å². The van der Waals surface area contributed by atoms with E-state index < -0.39 is 11.7 Å². The van der Waals surface area contributed by atoms with Crippen LogP contribution in [0.1, 0.15) is 5.56 Å². The Morgan fingerprint density at radius 2 is 1.70 bits per heavy atom. The minimum Gasteiger partial charge on any atom is -0.306 e. The Morgan fingerprint density at radius 1 is 0.926 bits per heavy atom. The molecule has 0 radical (unpaired) electrons. The van der Waals surface area contributed by atoms with Gasteiger partial charge in [-0.05, 0) is 35.4 Å². The highest BCUT2D eigenvalue weighted by Gasteiger charge is 2.31. The lowest BCUT2D eigenvalue weighted by atomic mass is 9.94. The van der Waals surface area contributed by atoms with E-state index in [9.17, 15) is 18.0 Å². The molecule has 0 saturated heterocycles. The molecule has 0 saturated carbocycles. The van der Waals surface area contributed by atoms with Crippen LogP contribution in [-0.4, -0.2) is 15.0 Å². The summed E-state index contributed by atoms with van der Waals surface area (Å²) < 4.78 is 39.2. The third kappa shape index (κ3) is 3.21. The standard InChI is InChI=1S/C19H11ClF3N3O/c20-14-3-1-2-13(11-6-12(9-24-8-11)19(21,22)23)17(14)10-4-5-15-16(7-10)26-18(27)25-15/h1-9H,(H2,25,26,27). The number of fused-ring (bicyclic) bond motifs is 1. The van der Waals surface area contributed by atoms with Gasteiger partial charge in [0.15, 0.2) is 0 Å². The van der Waals surface area contributed by atoms with Crippen LogP contribution in [-0.2, 0) is 6.18 Å². The maximum absolute atomic E-state index is 13.1. The van der Waals surface area contributed by atoms with Crippen molar-refractivity contribution in [3.63, 3.8) is 0 Å². The molecule has 8 heteroatoms. The van der Waals surface area contributed by atoms with Gasteiger partial charge in [0.2, 0.25) is 0 Å². The van der Waals surface area contributed by atoms with Crippen LogP contribution < -0.4 is 5.69 Å². The molecule has 4 aromatic rings. The Bertz CT molecular complexity index is 1210. The first kappa shape index (κ1) is 17.4. The number of aromatic nitrogens is 3. The first-order chi connectivity index (χ1) is 12.8. The highest BCUT2D eigenvalue weighted by Crippen LogP contribution is 2.39. The molecule has 0 spiro atoms. The Hall–Kier alpha value is -3.06. The van der Waals surface area contributed by atoms with Gasteiger partial charge in [-0.3, -0.25) is 4.98 Å². The van der Waals surface area contributed by atoms with E-state index in [-0.39, 0.29) is 5.69 Å². The van der Waals surface area contributed by atoms with Crippen LogP contribution in [0.15, 0.2) is 59.7 Å². The number of H-pyrrole nitrogens is 2. The summed E-state index contributed by atoms with van der Waals surface area (Å²) in [5.41, 5.74) is 2.05. The second kappa shape index (κ2) is 6.28. The van der Waals surface area contributed by atoms with Gasteiger partial charge in [-0.2, -0.15) is 13.2 Å². The zero-order valence-electron chi connectivity index (χ0n) is 13.6. The van der Waals surface area contributed by atoms with E-state index in [1.807, 2.05) is 0 Å². The Morgan fingerprint density at radius 3 is 2.48 bits per heavy atom. The molecule has 0 unspecified atom stereocenters. The van der Waals surface area contributed by atoms with E-state index in [0.717, 1.165) is 12.3 Å². The molecule has 0 aliphatic carbocycles. The van der Waals surface area contributed by atoms with Crippen molar-refractivity contribution in [1.29, 1.82) is 0 Å². The van der Waals surface area contributed by atoms with Crippen LogP contribution >= 0.6 is 11.6 Å². The zero-order chi connectivity index (χ0) is 19.2. The molecule has 4 rings (SSSR count). The van der Waals surface area contributed by atoms with Crippen molar-refractivity contribution in [2.75, 3.05) is 0 Å². The van der Waals surface area contributed by atoms with Crippen LogP contribution in [0.3, 0.4) is 0 Å². The van der Waals surface area contributed by atoms with Gasteiger partial charge in [0.05, 0.1) is 16.6 Å². The van der Waals surface area contributed by atoms with E-state index in [1.165, 1.54) is 6.20 Å². The van der Waals surface area contributed by atoms with Gasteiger partial charge in [-0.15, -0.1) is 0 Å². The summed E-state index contributed by atoms with van der Waals surface area (Å²) in [5.74, 6) is 0. The smallest absolute Gasteiger partial charge is 0.306 e. The van der Waals surface area contributed by atoms with Gasteiger partial charge in [0, 0.05) is 28.5 Å². The second-order valence-corrected chi connectivity index (χ2v) is 6.37. The van der Waals surface area contributed by atoms with Crippen LogP contribution in [0.2, 0.25) is 5.02 Å². The van der Waals surface area contributed by atoms with Crippen LogP contribution in [0.4, 0.5) is 13.2 Å². The van der Waals surface area contributed by atoms with Gasteiger partial charge in [-0.25, -0.2) is 4.79 Å². The third-order valence-electron chi connectivity index (χ3n) is 4.19. The van der Waals surface area contributed by atoms with Crippen molar-refractivity contribution in [2.24, 2.45) is 0 Å². The molecule has 136 valence electrons. The highest BCUT2D eigenvalue weighted by molar-refractivity contribution is 6.34. The first-order valence-corrected chi connectivity index (χ1v) is 8.24. The number of hydrogen-bond donors (Lipinski definition) is 2. The van der Waals surface area contributed by atoms with Crippen molar-refractivity contribution in [2.45, 2.75) is 6.18 Å². The maximum Gasteiger partial charge on any atom is 0.417 e.